The number of benzene rings is 1. The summed E-state index contributed by atoms with van der Waals surface area (Å²) < 4.78 is 16.4. The third-order valence-electron chi connectivity index (χ3n) is 4.95. The summed E-state index contributed by atoms with van der Waals surface area (Å²) in [5.74, 6) is 2.48. The molecule has 9 nitrogen and oxygen atoms in total. The lowest BCUT2D eigenvalue weighted by molar-refractivity contribution is 0.0678. The second-order valence-corrected chi connectivity index (χ2v) is 6.78. The van der Waals surface area contributed by atoms with Crippen molar-refractivity contribution in [3.8, 4) is 11.5 Å². The molecule has 1 amide bonds. The van der Waals surface area contributed by atoms with Crippen LogP contribution in [0.25, 0.3) is 10.9 Å². The minimum Gasteiger partial charge on any atom is -0.459 e. The molecule has 0 radical (unpaired) electrons. The van der Waals surface area contributed by atoms with Gasteiger partial charge in [0.1, 0.15) is 5.82 Å². The summed E-state index contributed by atoms with van der Waals surface area (Å²) >= 11 is 0. The van der Waals surface area contributed by atoms with Crippen LogP contribution < -0.4 is 20.1 Å². The summed E-state index contributed by atoms with van der Waals surface area (Å²) in [6.45, 7) is 4.16. The van der Waals surface area contributed by atoms with Crippen molar-refractivity contribution in [3.63, 3.8) is 0 Å². The lowest BCUT2D eigenvalue weighted by atomic mass is 10.2. The number of nitrogen functional groups attached to an aromatic ring is 1. The second kappa shape index (κ2) is 6.29. The molecule has 2 aliphatic heterocycles. The molecule has 0 bridgehead atoms. The number of carbonyl (C=O) groups excluding carboxylic acids is 1. The Kier molecular flexibility index (Phi) is 3.75. The van der Waals surface area contributed by atoms with Crippen molar-refractivity contribution in [1.29, 1.82) is 0 Å². The minimum atomic E-state index is -0.333. The molecule has 2 aliphatic rings. The van der Waals surface area contributed by atoms with Crippen molar-refractivity contribution in [2.75, 3.05) is 36.8 Å². The summed E-state index contributed by atoms with van der Waals surface area (Å²) in [6, 6.07) is 7.02. The molecule has 1 aromatic carbocycles. The van der Waals surface area contributed by atoms with Gasteiger partial charge in [-0.25, -0.2) is 4.98 Å². The van der Waals surface area contributed by atoms with Gasteiger partial charge in [0.25, 0.3) is 5.91 Å². The molecule has 5 rings (SSSR count). The highest BCUT2D eigenvalue weighted by Crippen LogP contribution is 2.39. The SMILES string of the molecule is CC1Oc2cc3nc(N4CCN(C(=O)c5ccco5)CC4)nc(N)c3cc2O1. The largest absolute Gasteiger partial charge is 0.459 e. The average molecular weight is 381 g/mol. The molecular formula is C19H19N5O4. The van der Waals surface area contributed by atoms with Gasteiger partial charge in [-0.05, 0) is 18.2 Å². The maximum Gasteiger partial charge on any atom is 0.289 e. The molecule has 2 N–H and O–H groups in total. The van der Waals surface area contributed by atoms with Crippen LogP contribution in [0.4, 0.5) is 11.8 Å². The molecule has 1 fully saturated rings. The zero-order chi connectivity index (χ0) is 19.3. The van der Waals surface area contributed by atoms with Gasteiger partial charge in [-0.15, -0.1) is 0 Å². The smallest absolute Gasteiger partial charge is 0.289 e. The highest BCUT2D eigenvalue weighted by atomic mass is 16.7. The van der Waals surface area contributed by atoms with E-state index in [1.807, 2.05) is 24.0 Å². The fourth-order valence-corrected chi connectivity index (χ4v) is 3.52. The highest BCUT2D eigenvalue weighted by molar-refractivity contribution is 5.92. The van der Waals surface area contributed by atoms with Crippen molar-refractivity contribution in [2.24, 2.45) is 0 Å². The summed E-state index contributed by atoms with van der Waals surface area (Å²) in [4.78, 5) is 25.3. The van der Waals surface area contributed by atoms with E-state index >= 15 is 0 Å². The molecule has 1 atom stereocenters. The maximum atomic E-state index is 12.4. The van der Waals surface area contributed by atoms with E-state index in [2.05, 4.69) is 9.97 Å². The number of nitrogens with two attached hydrogens (primary N) is 1. The Morgan fingerprint density at radius 3 is 2.61 bits per heavy atom. The van der Waals surface area contributed by atoms with Crippen molar-refractivity contribution in [1.82, 2.24) is 14.9 Å². The zero-order valence-corrected chi connectivity index (χ0v) is 15.3. The number of anilines is 2. The number of amides is 1. The van der Waals surface area contributed by atoms with Crippen molar-refractivity contribution in [2.45, 2.75) is 13.2 Å². The third kappa shape index (κ3) is 2.75. The molecule has 28 heavy (non-hydrogen) atoms. The van der Waals surface area contributed by atoms with Gasteiger partial charge in [0.05, 0.1) is 11.8 Å². The molecule has 1 unspecified atom stereocenters. The molecule has 2 aromatic heterocycles. The molecular weight excluding hydrogens is 362 g/mol. The molecule has 0 aliphatic carbocycles. The number of nitrogens with zero attached hydrogens (tertiary/aromatic N) is 4. The van der Waals surface area contributed by atoms with Gasteiger partial charge in [0, 0.05) is 44.6 Å². The molecule has 4 heterocycles. The first-order valence-corrected chi connectivity index (χ1v) is 9.11. The molecule has 144 valence electrons. The Morgan fingerprint density at radius 1 is 1.14 bits per heavy atom. The molecule has 0 saturated carbocycles. The number of hydrogen-bond donors (Lipinski definition) is 1. The summed E-state index contributed by atoms with van der Waals surface area (Å²) in [5, 5.41) is 0.729. The van der Waals surface area contributed by atoms with Crippen molar-refractivity contribution >= 4 is 28.6 Å². The Labute approximate surface area is 160 Å². The van der Waals surface area contributed by atoms with E-state index in [0.717, 1.165) is 5.39 Å². The monoisotopic (exact) mass is 381 g/mol. The first-order valence-electron chi connectivity index (χ1n) is 9.11. The summed E-state index contributed by atoms with van der Waals surface area (Å²) in [5.41, 5.74) is 6.88. The topological polar surface area (TPSA) is 107 Å². The van der Waals surface area contributed by atoms with Crippen LogP contribution in [0.15, 0.2) is 34.9 Å². The van der Waals surface area contributed by atoms with Crippen LogP contribution in [-0.4, -0.2) is 53.2 Å². The van der Waals surface area contributed by atoms with E-state index < -0.39 is 0 Å². The van der Waals surface area contributed by atoms with E-state index in [1.165, 1.54) is 6.26 Å². The number of ether oxygens (including phenoxy) is 2. The van der Waals surface area contributed by atoms with Crippen molar-refractivity contribution in [3.05, 3.63) is 36.3 Å². The standard InChI is InChI=1S/C19H19N5O4/c1-11-27-15-9-12-13(10-16(15)28-11)21-19(22-17(12)20)24-6-4-23(5-7-24)18(25)14-3-2-8-26-14/h2-3,8-11H,4-7H2,1H3,(H2,20,21,22). The van der Waals surface area contributed by atoms with Crippen molar-refractivity contribution < 1.29 is 18.7 Å². The molecule has 9 heteroatoms. The van der Waals surface area contributed by atoms with E-state index in [9.17, 15) is 4.79 Å². The lowest BCUT2D eigenvalue weighted by Crippen LogP contribution is -2.49. The van der Waals surface area contributed by atoms with Crippen LogP contribution in [0.5, 0.6) is 11.5 Å². The fourth-order valence-electron chi connectivity index (χ4n) is 3.52. The number of furan rings is 1. The summed E-state index contributed by atoms with van der Waals surface area (Å²) in [6.07, 6.45) is 1.17. The van der Waals surface area contributed by atoms with Gasteiger partial charge >= 0.3 is 0 Å². The zero-order valence-electron chi connectivity index (χ0n) is 15.3. The molecule has 1 saturated heterocycles. The van der Waals surface area contributed by atoms with Crippen LogP contribution in [0.3, 0.4) is 0 Å². The van der Waals surface area contributed by atoms with E-state index in [1.54, 1.807) is 17.0 Å². The van der Waals surface area contributed by atoms with Gasteiger partial charge in [0.15, 0.2) is 17.3 Å². The lowest BCUT2D eigenvalue weighted by Gasteiger charge is -2.34. The fraction of sp³-hybridized carbons (Fsp3) is 0.316. The number of rotatable bonds is 2. The average Bonchev–Trinajstić information content (AvgIpc) is 3.34. The quantitative estimate of drug-likeness (QED) is 0.717. The predicted octanol–water partition coefficient (Wildman–Crippen LogP) is 1.88. The maximum absolute atomic E-state index is 12.4. The normalized spacial score (nSPS) is 18.7. The van der Waals surface area contributed by atoms with E-state index in [4.69, 9.17) is 19.6 Å². The van der Waals surface area contributed by atoms with E-state index in [-0.39, 0.29) is 12.2 Å². The third-order valence-corrected chi connectivity index (χ3v) is 4.95. The Balaban J connectivity index is 1.37. The van der Waals surface area contributed by atoms with Gasteiger partial charge in [0.2, 0.25) is 12.2 Å². The van der Waals surface area contributed by atoms with Crippen LogP contribution >= 0.6 is 0 Å². The van der Waals surface area contributed by atoms with Gasteiger partial charge in [-0.2, -0.15) is 4.98 Å². The Morgan fingerprint density at radius 2 is 1.89 bits per heavy atom. The number of carbonyl (C=O) groups is 1. The first-order chi connectivity index (χ1) is 13.6. The van der Waals surface area contributed by atoms with Gasteiger partial charge in [-0.3, -0.25) is 4.79 Å². The second-order valence-electron chi connectivity index (χ2n) is 6.78. The summed E-state index contributed by atoms with van der Waals surface area (Å²) in [7, 11) is 0. The number of piperazine rings is 1. The highest BCUT2D eigenvalue weighted by Gasteiger charge is 2.26. The first kappa shape index (κ1) is 16.7. The van der Waals surface area contributed by atoms with Crippen LogP contribution in [0.1, 0.15) is 17.5 Å². The van der Waals surface area contributed by atoms with Crippen LogP contribution in [-0.2, 0) is 0 Å². The van der Waals surface area contributed by atoms with E-state index in [0.29, 0.717) is 60.7 Å². The predicted molar refractivity (Wildman–Crippen MR) is 101 cm³/mol. The molecule has 0 spiro atoms. The Bertz CT molecular complexity index is 1040. The minimum absolute atomic E-state index is 0.106. The van der Waals surface area contributed by atoms with Gasteiger partial charge < -0.3 is 29.4 Å². The molecule has 3 aromatic rings. The van der Waals surface area contributed by atoms with Crippen LogP contribution in [0, 0.1) is 0 Å². The Hall–Kier alpha value is -3.49. The van der Waals surface area contributed by atoms with Gasteiger partial charge in [-0.1, -0.05) is 0 Å². The number of hydrogen-bond acceptors (Lipinski definition) is 8. The number of aromatic nitrogens is 2. The number of fused-ring (bicyclic) bond motifs is 2. The van der Waals surface area contributed by atoms with Crippen LogP contribution in [0.2, 0.25) is 0 Å².